The molecular formula is C20H20N4O3S. The summed E-state index contributed by atoms with van der Waals surface area (Å²) in [5.74, 6) is 0.509. The molecule has 4 rings (SSSR count). The van der Waals surface area contributed by atoms with Gasteiger partial charge >= 0.3 is 0 Å². The number of carbonyl (C=O) groups excluding carboxylic acids is 1. The monoisotopic (exact) mass is 396 g/mol. The van der Waals surface area contributed by atoms with E-state index in [2.05, 4.69) is 15.6 Å². The van der Waals surface area contributed by atoms with E-state index in [4.69, 9.17) is 9.47 Å². The Kier molecular flexibility index (Phi) is 5.31. The highest BCUT2D eigenvalue weighted by atomic mass is 32.2. The minimum Gasteiger partial charge on any atom is -0.497 e. The zero-order chi connectivity index (χ0) is 19.5. The molecule has 1 aliphatic rings. The van der Waals surface area contributed by atoms with E-state index in [1.807, 2.05) is 54.8 Å². The number of amides is 1. The lowest BCUT2D eigenvalue weighted by molar-refractivity contribution is -0.00173. The second kappa shape index (κ2) is 8.04. The van der Waals surface area contributed by atoms with Gasteiger partial charge < -0.3 is 14.8 Å². The van der Waals surface area contributed by atoms with Crippen LogP contribution in [0.5, 0.6) is 5.75 Å². The fraction of sp³-hybridized carbons (Fsp3) is 0.250. The number of rotatable bonds is 5. The summed E-state index contributed by atoms with van der Waals surface area (Å²) in [7, 11) is 1.64. The maximum atomic E-state index is 12.6. The topological polar surface area (TPSA) is 78.3 Å². The molecule has 144 valence electrons. The highest BCUT2D eigenvalue weighted by Gasteiger charge is 2.27. The third kappa shape index (κ3) is 3.74. The van der Waals surface area contributed by atoms with Crippen LogP contribution in [0.3, 0.4) is 0 Å². The molecule has 2 heterocycles. The molecule has 8 heteroatoms. The molecule has 1 atom stereocenters. The predicted molar refractivity (Wildman–Crippen MR) is 107 cm³/mol. The van der Waals surface area contributed by atoms with E-state index in [1.54, 1.807) is 23.6 Å². The van der Waals surface area contributed by atoms with Gasteiger partial charge in [-0.15, -0.1) is 16.9 Å². The van der Waals surface area contributed by atoms with Crippen molar-refractivity contribution in [1.29, 1.82) is 0 Å². The van der Waals surface area contributed by atoms with E-state index in [0.717, 1.165) is 21.9 Å². The lowest BCUT2D eigenvalue weighted by Gasteiger charge is -2.24. The molecule has 1 unspecified atom stereocenters. The highest BCUT2D eigenvalue weighted by Crippen LogP contribution is 2.28. The number of nitrogens with one attached hydrogen (secondary N) is 1. The van der Waals surface area contributed by atoms with Crippen molar-refractivity contribution in [2.45, 2.75) is 24.2 Å². The average Bonchev–Trinajstić information content (AvgIpc) is 3.18. The highest BCUT2D eigenvalue weighted by molar-refractivity contribution is 7.98. The molecule has 1 amide bonds. The number of carbonyl (C=O) groups is 1. The number of aromatic nitrogens is 3. The van der Waals surface area contributed by atoms with Gasteiger partial charge in [-0.3, -0.25) is 4.79 Å². The van der Waals surface area contributed by atoms with Crippen LogP contribution in [0.1, 0.15) is 27.8 Å². The van der Waals surface area contributed by atoms with Crippen molar-refractivity contribution < 1.29 is 14.3 Å². The summed E-state index contributed by atoms with van der Waals surface area (Å²) in [4.78, 5) is 13.8. The molecule has 3 aromatic rings. The van der Waals surface area contributed by atoms with Crippen LogP contribution in [0.25, 0.3) is 0 Å². The van der Waals surface area contributed by atoms with Crippen LogP contribution in [-0.2, 0) is 17.9 Å². The summed E-state index contributed by atoms with van der Waals surface area (Å²) in [5, 5.41) is 11.1. The number of thioether (sulfide) groups is 1. The van der Waals surface area contributed by atoms with Crippen LogP contribution in [0.2, 0.25) is 0 Å². The van der Waals surface area contributed by atoms with Gasteiger partial charge in [0.1, 0.15) is 11.9 Å². The molecule has 1 N–H and O–H groups in total. The minimum absolute atomic E-state index is 0.143. The number of hydrogen-bond donors (Lipinski definition) is 1. The lowest BCUT2D eigenvalue weighted by Crippen LogP contribution is -2.24. The third-order valence-electron chi connectivity index (χ3n) is 4.65. The summed E-state index contributed by atoms with van der Waals surface area (Å²) >= 11 is 1.65. The van der Waals surface area contributed by atoms with Gasteiger partial charge in [-0.2, -0.15) is 0 Å². The van der Waals surface area contributed by atoms with Crippen LogP contribution in [0.4, 0.5) is 5.69 Å². The van der Waals surface area contributed by atoms with Crippen molar-refractivity contribution in [2.24, 2.45) is 0 Å². The summed E-state index contributed by atoms with van der Waals surface area (Å²) in [5.41, 5.74) is 2.73. The number of hydrogen-bond acceptors (Lipinski definition) is 6. The molecule has 1 aromatic heterocycles. The Bertz CT molecular complexity index is 970. The van der Waals surface area contributed by atoms with Crippen molar-refractivity contribution in [3.05, 3.63) is 65.5 Å². The molecule has 0 aliphatic carbocycles. The van der Waals surface area contributed by atoms with Gasteiger partial charge in [0, 0.05) is 10.6 Å². The second-order valence-corrected chi connectivity index (χ2v) is 7.20. The standard InChI is InChI=1S/C20H20N4O3S/c1-26-15-7-3-13(4-8-15)18-11-24-17(12-27-18)19(22-23-24)20(25)21-14-5-9-16(28-2)10-6-14/h3-10,18H,11-12H2,1-2H3,(H,21,25). The number of benzene rings is 2. The Morgan fingerprint density at radius 1 is 1.21 bits per heavy atom. The molecular weight excluding hydrogens is 376 g/mol. The fourth-order valence-electron chi connectivity index (χ4n) is 3.07. The van der Waals surface area contributed by atoms with Gasteiger partial charge in [0.05, 0.1) is 26.0 Å². The van der Waals surface area contributed by atoms with E-state index in [9.17, 15) is 4.79 Å². The first kappa shape index (κ1) is 18.5. The Balaban J connectivity index is 1.47. The summed E-state index contributed by atoms with van der Waals surface area (Å²) in [6.45, 7) is 0.780. The molecule has 0 saturated carbocycles. The minimum atomic E-state index is -0.287. The maximum absolute atomic E-state index is 12.6. The van der Waals surface area contributed by atoms with Gasteiger partial charge in [0.15, 0.2) is 5.69 Å². The van der Waals surface area contributed by atoms with Gasteiger partial charge in [-0.05, 0) is 48.2 Å². The zero-order valence-electron chi connectivity index (χ0n) is 15.6. The van der Waals surface area contributed by atoms with Gasteiger partial charge in [0.25, 0.3) is 5.91 Å². The SMILES string of the molecule is COc1ccc(C2Cn3nnc(C(=O)Nc4ccc(SC)cc4)c3CO2)cc1. The lowest BCUT2D eigenvalue weighted by atomic mass is 10.1. The van der Waals surface area contributed by atoms with E-state index in [1.165, 1.54) is 0 Å². The maximum Gasteiger partial charge on any atom is 0.278 e. The van der Waals surface area contributed by atoms with Crippen LogP contribution in [-0.4, -0.2) is 34.3 Å². The average molecular weight is 396 g/mol. The third-order valence-corrected chi connectivity index (χ3v) is 5.39. The Hall–Kier alpha value is -2.84. The van der Waals surface area contributed by atoms with Gasteiger partial charge in [-0.25, -0.2) is 4.68 Å². The summed E-state index contributed by atoms with van der Waals surface area (Å²) in [6, 6.07) is 15.4. The zero-order valence-corrected chi connectivity index (χ0v) is 16.4. The quantitative estimate of drug-likeness (QED) is 0.665. The first-order chi connectivity index (χ1) is 13.7. The Morgan fingerprint density at radius 2 is 1.96 bits per heavy atom. The number of fused-ring (bicyclic) bond motifs is 1. The van der Waals surface area contributed by atoms with E-state index >= 15 is 0 Å². The van der Waals surface area contributed by atoms with Crippen molar-refractivity contribution in [3.8, 4) is 5.75 Å². The molecule has 0 radical (unpaired) electrons. The molecule has 0 spiro atoms. The molecule has 2 aromatic carbocycles. The molecule has 1 aliphatic heterocycles. The normalized spacial score (nSPS) is 15.7. The number of anilines is 1. The van der Waals surface area contributed by atoms with Crippen LogP contribution >= 0.6 is 11.8 Å². The van der Waals surface area contributed by atoms with Gasteiger partial charge in [-0.1, -0.05) is 17.3 Å². The summed E-state index contributed by atoms with van der Waals surface area (Å²) < 4.78 is 12.9. The first-order valence-corrected chi connectivity index (χ1v) is 10.0. The molecule has 7 nitrogen and oxygen atoms in total. The Morgan fingerprint density at radius 3 is 2.64 bits per heavy atom. The van der Waals surface area contributed by atoms with Crippen molar-refractivity contribution >= 4 is 23.4 Å². The smallest absolute Gasteiger partial charge is 0.278 e. The number of nitrogens with zero attached hydrogens (tertiary/aromatic N) is 3. The second-order valence-electron chi connectivity index (χ2n) is 6.32. The molecule has 0 fully saturated rings. The molecule has 0 bridgehead atoms. The molecule has 28 heavy (non-hydrogen) atoms. The number of methoxy groups -OCH3 is 1. The van der Waals surface area contributed by atoms with Crippen molar-refractivity contribution in [1.82, 2.24) is 15.0 Å². The molecule has 0 saturated heterocycles. The van der Waals surface area contributed by atoms with E-state index in [0.29, 0.717) is 17.9 Å². The Labute approximate surface area is 167 Å². The van der Waals surface area contributed by atoms with E-state index < -0.39 is 0 Å². The van der Waals surface area contributed by atoms with E-state index in [-0.39, 0.29) is 18.6 Å². The largest absolute Gasteiger partial charge is 0.497 e. The summed E-state index contributed by atoms with van der Waals surface area (Å²) in [6.07, 6.45) is 1.87. The predicted octanol–water partition coefficient (Wildman–Crippen LogP) is 3.53. The number of ether oxygens (including phenoxy) is 2. The van der Waals surface area contributed by atoms with Crippen LogP contribution in [0.15, 0.2) is 53.4 Å². The van der Waals surface area contributed by atoms with Crippen LogP contribution < -0.4 is 10.1 Å². The van der Waals surface area contributed by atoms with Crippen molar-refractivity contribution in [3.63, 3.8) is 0 Å². The fourth-order valence-corrected chi connectivity index (χ4v) is 3.48. The first-order valence-electron chi connectivity index (χ1n) is 8.81. The van der Waals surface area contributed by atoms with Crippen LogP contribution in [0, 0.1) is 0 Å². The van der Waals surface area contributed by atoms with Gasteiger partial charge in [0.2, 0.25) is 0 Å². The van der Waals surface area contributed by atoms with Crippen molar-refractivity contribution in [2.75, 3.05) is 18.7 Å².